The molecule has 0 aromatic rings. The maximum Gasteiger partial charge on any atom is 0.236 e. The Balaban J connectivity index is 2.16. The summed E-state index contributed by atoms with van der Waals surface area (Å²) in [5.41, 5.74) is 5.41. The number of carbonyl (C=O) groups excluding carboxylic acids is 1. The summed E-state index contributed by atoms with van der Waals surface area (Å²) < 4.78 is 0.143. The van der Waals surface area contributed by atoms with Crippen LogP contribution >= 0.6 is 11.8 Å². The number of primary amides is 1. The molecule has 0 bridgehead atoms. The zero-order chi connectivity index (χ0) is 9.31. The third-order valence-corrected chi connectivity index (χ3v) is 4.78. The highest BCUT2D eigenvalue weighted by Gasteiger charge is 2.46. The molecule has 2 fully saturated rings. The fourth-order valence-electron chi connectivity index (χ4n) is 2.47. The molecule has 0 aromatic carbocycles. The quantitative estimate of drug-likeness (QED) is 0.647. The van der Waals surface area contributed by atoms with E-state index >= 15 is 0 Å². The van der Waals surface area contributed by atoms with Gasteiger partial charge in [0.05, 0.1) is 0 Å². The number of hydrogen-bond acceptors (Lipinski definition) is 3. The Morgan fingerprint density at radius 1 is 1.46 bits per heavy atom. The van der Waals surface area contributed by atoms with Gasteiger partial charge in [-0.15, -0.1) is 0 Å². The van der Waals surface area contributed by atoms with E-state index in [-0.39, 0.29) is 16.7 Å². The van der Waals surface area contributed by atoms with Crippen LogP contribution in [0.15, 0.2) is 0 Å². The van der Waals surface area contributed by atoms with Crippen LogP contribution < -0.4 is 11.1 Å². The van der Waals surface area contributed by atoms with Gasteiger partial charge in [-0.05, 0) is 38.0 Å². The highest BCUT2D eigenvalue weighted by molar-refractivity contribution is 8.01. The average molecular weight is 200 g/mol. The molecule has 2 aliphatic rings. The highest BCUT2D eigenvalue weighted by atomic mass is 32.2. The van der Waals surface area contributed by atoms with Crippen molar-refractivity contribution in [3.63, 3.8) is 0 Å². The number of carbonyl (C=O) groups is 1. The minimum absolute atomic E-state index is 0.0891. The maximum absolute atomic E-state index is 11.3. The summed E-state index contributed by atoms with van der Waals surface area (Å²) >= 11 is 1.94. The van der Waals surface area contributed by atoms with E-state index in [1.54, 1.807) is 0 Å². The van der Waals surface area contributed by atoms with Gasteiger partial charge in [-0.2, -0.15) is 11.8 Å². The number of rotatable bonds is 1. The van der Waals surface area contributed by atoms with E-state index in [4.69, 9.17) is 5.73 Å². The average Bonchev–Trinajstić information content (AvgIpc) is 2.54. The largest absolute Gasteiger partial charge is 0.368 e. The predicted octanol–water partition coefficient (Wildman–Crippen LogP) is 0.489. The number of hydrogen-bond donors (Lipinski definition) is 2. The lowest BCUT2D eigenvalue weighted by Gasteiger charge is -2.39. The van der Waals surface area contributed by atoms with Crippen LogP contribution in [0.5, 0.6) is 0 Å². The van der Waals surface area contributed by atoms with E-state index in [2.05, 4.69) is 5.32 Å². The molecular weight excluding hydrogens is 184 g/mol. The first-order valence-corrected chi connectivity index (χ1v) is 5.90. The van der Waals surface area contributed by atoms with Gasteiger partial charge in [0, 0.05) is 4.75 Å². The second kappa shape index (κ2) is 3.50. The van der Waals surface area contributed by atoms with Crippen LogP contribution in [0.1, 0.15) is 25.7 Å². The van der Waals surface area contributed by atoms with E-state index in [9.17, 15) is 4.79 Å². The zero-order valence-electron chi connectivity index (χ0n) is 7.71. The van der Waals surface area contributed by atoms with Crippen LogP contribution in [-0.2, 0) is 4.79 Å². The van der Waals surface area contributed by atoms with Crippen molar-refractivity contribution in [2.45, 2.75) is 36.5 Å². The van der Waals surface area contributed by atoms with Gasteiger partial charge in [0.25, 0.3) is 0 Å². The molecule has 2 rings (SSSR count). The Morgan fingerprint density at radius 2 is 2.23 bits per heavy atom. The fourth-order valence-corrected chi connectivity index (χ4v) is 4.11. The Bertz CT molecular complexity index is 214. The topological polar surface area (TPSA) is 55.1 Å². The fraction of sp³-hybridized carbons (Fsp3) is 0.889. The van der Waals surface area contributed by atoms with Crippen LogP contribution in [-0.4, -0.2) is 29.0 Å². The van der Waals surface area contributed by atoms with Crippen LogP contribution in [0.25, 0.3) is 0 Å². The van der Waals surface area contributed by atoms with Gasteiger partial charge in [-0.3, -0.25) is 4.79 Å². The van der Waals surface area contributed by atoms with Crippen LogP contribution in [0.2, 0.25) is 0 Å². The molecule has 2 atom stereocenters. The molecule has 74 valence electrons. The molecule has 1 spiro atoms. The van der Waals surface area contributed by atoms with Crippen molar-refractivity contribution < 1.29 is 4.79 Å². The molecule has 0 aromatic heterocycles. The first-order chi connectivity index (χ1) is 6.25. The maximum atomic E-state index is 11.3. The smallest absolute Gasteiger partial charge is 0.236 e. The van der Waals surface area contributed by atoms with Gasteiger partial charge in [0.2, 0.25) is 5.91 Å². The van der Waals surface area contributed by atoms with E-state index < -0.39 is 0 Å². The van der Waals surface area contributed by atoms with Crippen LogP contribution in [0.4, 0.5) is 0 Å². The SMILES string of the molecule is NC(=O)C1NCCCC12CCCS2. The molecule has 0 radical (unpaired) electrons. The molecule has 0 aliphatic carbocycles. The van der Waals surface area contributed by atoms with Gasteiger partial charge in [0.1, 0.15) is 6.04 Å². The first-order valence-electron chi connectivity index (χ1n) is 4.91. The summed E-state index contributed by atoms with van der Waals surface area (Å²) in [6, 6.07) is -0.0891. The summed E-state index contributed by atoms with van der Waals surface area (Å²) in [5, 5.41) is 3.26. The zero-order valence-corrected chi connectivity index (χ0v) is 8.53. The van der Waals surface area contributed by atoms with E-state index in [1.807, 2.05) is 11.8 Å². The summed E-state index contributed by atoms with van der Waals surface area (Å²) in [6.07, 6.45) is 4.71. The minimum Gasteiger partial charge on any atom is -0.368 e. The van der Waals surface area contributed by atoms with Gasteiger partial charge in [0.15, 0.2) is 0 Å². The third-order valence-electron chi connectivity index (χ3n) is 3.07. The number of piperidine rings is 1. The summed E-state index contributed by atoms with van der Waals surface area (Å²) in [7, 11) is 0. The van der Waals surface area contributed by atoms with E-state index in [0.29, 0.717) is 0 Å². The molecule has 3 N–H and O–H groups in total. The monoisotopic (exact) mass is 200 g/mol. The van der Waals surface area contributed by atoms with Crippen molar-refractivity contribution in [2.75, 3.05) is 12.3 Å². The standard InChI is InChI=1S/C9H16N2OS/c10-8(12)7-9(3-1-5-11-7)4-2-6-13-9/h7,11H,1-6H2,(H2,10,12). The van der Waals surface area contributed by atoms with E-state index in [1.165, 1.54) is 18.6 Å². The lowest BCUT2D eigenvalue weighted by atomic mass is 9.86. The Morgan fingerprint density at radius 3 is 2.85 bits per heavy atom. The van der Waals surface area contributed by atoms with Crippen molar-refractivity contribution in [3.8, 4) is 0 Å². The second-order valence-electron chi connectivity index (χ2n) is 3.91. The molecule has 3 nitrogen and oxygen atoms in total. The Hall–Kier alpha value is -0.220. The molecule has 1 amide bonds. The van der Waals surface area contributed by atoms with Gasteiger partial charge >= 0.3 is 0 Å². The van der Waals surface area contributed by atoms with Crippen molar-refractivity contribution in [3.05, 3.63) is 0 Å². The lowest BCUT2D eigenvalue weighted by molar-refractivity contribution is -0.121. The molecule has 2 aliphatic heterocycles. The summed E-state index contributed by atoms with van der Waals surface area (Å²) in [4.78, 5) is 11.3. The minimum atomic E-state index is -0.172. The molecular formula is C9H16N2OS. The van der Waals surface area contributed by atoms with Crippen LogP contribution in [0.3, 0.4) is 0 Å². The molecule has 2 saturated heterocycles. The molecule has 13 heavy (non-hydrogen) atoms. The normalized spacial score (nSPS) is 39.5. The Labute approximate surface area is 82.8 Å². The van der Waals surface area contributed by atoms with Gasteiger partial charge < -0.3 is 11.1 Å². The molecule has 4 heteroatoms. The Kier molecular flexibility index (Phi) is 2.51. The van der Waals surface area contributed by atoms with Gasteiger partial charge in [-0.1, -0.05) is 0 Å². The van der Waals surface area contributed by atoms with E-state index in [0.717, 1.165) is 19.4 Å². The molecule has 2 heterocycles. The second-order valence-corrected chi connectivity index (χ2v) is 5.42. The first kappa shape index (κ1) is 9.34. The summed E-state index contributed by atoms with van der Waals surface area (Å²) in [5.74, 6) is 1.01. The van der Waals surface area contributed by atoms with Crippen molar-refractivity contribution >= 4 is 17.7 Å². The predicted molar refractivity (Wildman–Crippen MR) is 54.6 cm³/mol. The number of nitrogens with one attached hydrogen (secondary N) is 1. The van der Waals surface area contributed by atoms with Crippen molar-refractivity contribution in [2.24, 2.45) is 5.73 Å². The highest BCUT2D eigenvalue weighted by Crippen LogP contribution is 2.45. The molecule has 2 unspecified atom stereocenters. The van der Waals surface area contributed by atoms with Crippen molar-refractivity contribution in [1.29, 1.82) is 0 Å². The summed E-state index contributed by atoms with van der Waals surface area (Å²) in [6.45, 7) is 0.940. The van der Waals surface area contributed by atoms with Gasteiger partial charge in [-0.25, -0.2) is 0 Å². The van der Waals surface area contributed by atoms with Crippen molar-refractivity contribution in [1.82, 2.24) is 5.32 Å². The van der Waals surface area contributed by atoms with Crippen LogP contribution in [0, 0.1) is 0 Å². The third kappa shape index (κ3) is 1.57. The molecule has 0 saturated carbocycles. The number of amides is 1. The lowest BCUT2D eigenvalue weighted by Crippen LogP contribution is -2.58. The number of thioether (sulfide) groups is 1. The number of nitrogens with two attached hydrogens (primary N) is 1.